The molecule has 1 rings (SSSR count). The van der Waals surface area contributed by atoms with E-state index in [4.69, 9.17) is 4.74 Å². The van der Waals surface area contributed by atoms with Crippen LogP contribution in [-0.2, 0) is 4.74 Å². The van der Waals surface area contributed by atoms with E-state index in [0.29, 0.717) is 6.10 Å². The van der Waals surface area contributed by atoms with Crippen LogP contribution in [0, 0.1) is 5.92 Å². The Morgan fingerprint density at radius 2 is 1.77 bits per heavy atom. The second-order valence-electron chi connectivity index (χ2n) is 4.06. The Balaban J connectivity index is 0.000000424. The minimum Gasteiger partial charge on any atom is -0.378 e. The van der Waals surface area contributed by atoms with Gasteiger partial charge in [-0.3, -0.25) is 0 Å². The van der Waals surface area contributed by atoms with Gasteiger partial charge in [0.25, 0.3) is 0 Å². The lowest BCUT2D eigenvalue weighted by atomic mass is 9.89. The number of rotatable bonds is 2. The van der Waals surface area contributed by atoms with Gasteiger partial charge in [0.15, 0.2) is 0 Å². The van der Waals surface area contributed by atoms with Crippen LogP contribution in [-0.4, -0.2) is 12.7 Å². The monoisotopic (exact) mass is 186 g/mol. The predicted octanol–water partition coefficient (Wildman–Crippen LogP) is 4.02. The van der Waals surface area contributed by atoms with Gasteiger partial charge in [0.2, 0.25) is 0 Å². The van der Waals surface area contributed by atoms with Gasteiger partial charge in [-0.1, -0.05) is 40.0 Å². The Labute approximate surface area is 83.9 Å². The zero-order chi connectivity index (χ0) is 10.1. The molecule has 0 aromatic carbocycles. The van der Waals surface area contributed by atoms with Gasteiger partial charge >= 0.3 is 0 Å². The van der Waals surface area contributed by atoms with Gasteiger partial charge in [-0.2, -0.15) is 0 Å². The molecular weight excluding hydrogens is 160 g/mol. The molecule has 1 heteroatoms. The highest BCUT2D eigenvalue weighted by atomic mass is 16.5. The molecule has 0 N–H and O–H groups in total. The fraction of sp³-hybridized carbons (Fsp3) is 1.00. The highest BCUT2D eigenvalue weighted by molar-refractivity contribution is 4.69. The summed E-state index contributed by atoms with van der Waals surface area (Å²) in [5.74, 6) is 0.894. The van der Waals surface area contributed by atoms with Crippen LogP contribution in [0.2, 0.25) is 0 Å². The first-order valence-electron chi connectivity index (χ1n) is 5.86. The van der Waals surface area contributed by atoms with E-state index in [0.717, 1.165) is 12.5 Å². The van der Waals surface area contributed by atoms with E-state index in [-0.39, 0.29) is 0 Å². The van der Waals surface area contributed by atoms with Crippen molar-refractivity contribution >= 4 is 0 Å². The SMILES string of the molecule is CCC.CCOC1CCC[C@@H](C)C1. The van der Waals surface area contributed by atoms with Crippen molar-refractivity contribution in [3.63, 3.8) is 0 Å². The van der Waals surface area contributed by atoms with Crippen LogP contribution in [0.3, 0.4) is 0 Å². The normalized spacial score (nSPS) is 27.7. The molecule has 1 nitrogen and oxygen atoms in total. The fourth-order valence-electron chi connectivity index (χ4n) is 1.77. The Morgan fingerprint density at radius 3 is 2.23 bits per heavy atom. The van der Waals surface area contributed by atoms with E-state index in [1.807, 2.05) is 0 Å². The minimum atomic E-state index is 0.578. The smallest absolute Gasteiger partial charge is 0.0577 e. The molecule has 1 aliphatic carbocycles. The summed E-state index contributed by atoms with van der Waals surface area (Å²) in [6.07, 6.45) is 7.18. The first kappa shape index (κ1) is 13.0. The summed E-state index contributed by atoms with van der Waals surface area (Å²) >= 11 is 0. The van der Waals surface area contributed by atoms with Crippen molar-refractivity contribution in [2.45, 2.75) is 65.9 Å². The molecule has 0 aromatic heterocycles. The molecule has 80 valence electrons. The predicted molar refractivity (Wildman–Crippen MR) is 59.0 cm³/mol. The van der Waals surface area contributed by atoms with E-state index in [1.54, 1.807) is 0 Å². The van der Waals surface area contributed by atoms with Crippen molar-refractivity contribution in [3.05, 3.63) is 0 Å². The fourth-order valence-corrected chi connectivity index (χ4v) is 1.77. The van der Waals surface area contributed by atoms with Crippen LogP contribution >= 0.6 is 0 Å². The second kappa shape index (κ2) is 8.55. The Morgan fingerprint density at radius 1 is 1.15 bits per heavy atom. The second-order valence-corrected chi connectivity index (χ2v) is 4.06. The van der Waals surface area contributed by atoms with Gasteiger partial charge in [-0.15, -0.1) is 0 Å². The largest absolute Gasteiger partial charge is 0.378 e. The average Bonchev–Trinajstić information content (AvgIpc) is 2.06. The van der Waals surface area contributed by atoms with Gasteiger partial charge in [-0.05, 0) is 25.7 Å². The molecule has 0 amide bonds. The summed E-state index contributed by atoms with van der Waals surface area (Å²) in [6.45, 7) is 9.54. The van der Waals surface area contributed by atoms with Gasteiger partial charge < -0.3 is 4.74 Å². The van der Waals surface area contributed by atoms with Gasteiger partial charge in [-0.25, -0.2) is 0 Å². The minimum absolute atomic E-state index is 0.578. The van der Waals surface area contributed by atoms with E-state index in [1.165, 1.54) is 32.1 Å². The molecule has 1 fully saturated rings. The number of hydrogen-bond donors (Lipinski definition) is 0. The van der Waals surface area contributed by atoms with Crippen molar-refractivity contribution in [2.75, 3.05) is 6.61 Å². The molecule has 2 atom stereocenters. The van der Waals surface area contributed by atoms with E-state index >= 15 is 0 Å². The van der Waals surface area contributed by atoms with Crippen LogP contribution in [0.25, 0.3) is 0 Å². The zero-order valence-electron chi connectivity index (χ0n) is 9.81. The van der Waals surface area contributed by atoms with Gasteiger partial charge in [0.1, 0.15) is 0 Å². The van der Waals surface area contributed by atoms with Crippen LogP contribution < -0.4 is 0 Å². The van der Waals surface area contributed by atoms with Crippen LogP contribution in [0.5, 0.6) is 0 Å². The van der Waals surface area contributed by atoms with Crippen LogP contribution in [0.1, 0.15) is 59.8 Å². The highest BCUT2D eigenvalue weighted by Gasteiger charge is 2.18. The molecule has 0 radical (unpaired) electrons. The molecule has 0 bridgehead atoms. The lowest BCUT2D eigenvalue weighted by molar-refractivity contribution is 0.0232. The Hall–Kier alpha value is -0.0400. The molecule has 1 unspecified atom stereocenters. The Bertz CT molecular complexity index is 99.3. The third-order valence-corrected chi connectivity index (χ3v) is 2.29. The van der Waals surface area contributed by atoms with E-state index in [2.05, 4.69) is 27.7 Å². The average molecular weight is 186 g/mol. The van der Waals surface area contributed by atoms with Crippen molar-refractivity contribution < 1.29 is 4.74 Å². The highest BCUT2D eigenvalue weighted by Crippen LogP contribution is 2.25. The molecule has 0 saturated heterocycles. The first-order chi connectivity index (χ1) is 6.24. The van der Waals surface area contributed by atoms with E-state index < -0.39 is 0 Å². The Kier molecular flexibility index (Phi) is 8.53. The quantitative estimate of drug-likeness (QED) is 0.633. The molecule has 0 aliphatic heterocycles. The maximum atomic E-state index is 5.55. The summed E-state index contributed by atoms with van der Waals surface area (Å²) in [5, 5.41) is 0. The lowest BCUT2D eigenvalue weighted by Crippen LogP contribution is -2.21. The lowest BCUT2D eigenvalue weighted by Gasteiger charge is -2.26. The van der Waals surface area contributed by atoms with Crippen molar-refractivity contribution in [2.24, 2.45) is 5.92 Å². The summed E-state index contributed by atoms with van der Waals surface area (Å²) < 4.78 is 5.55. The summed E-state index contributed by atoms with van der Waals surface area (Å²) in [7, 11) is 0. The molecule has 0 aromatic rings. The summed E-state index contributed by atoms with van der Waals surface area (Å²) in [6, 6.07) is 0. The third-order valence-electron chi connectivity index (χ3n) is 2.29. The maximum Gasteiger partial charge on any atom is 0.0577 e. The molecule has 1 saturated carbocycles. The first-order valence-corrected chi connectivity index (χ1v) is 5.86. The molecule has 1 aliphatic rings. The van der Waals surface area contributed by atoms with Crippen molar-refractivity contribution in [1.82, 2.24) is 0 Å². The third kappa shape index (κ3) is 7.06. The molecular formula is C12H26O. The van der Waals surface area contributed by atoms with Crippen molar-refractivity contribution in [3.8, 4) is 0 Å². The number of ether oxygens (including phenoxy) is 1. The van der Waals surface area contributed by atoms with E-state index in [9.17, 15) is 0 Å². The zero-order valence-corrected chi connectivity index (χ0v) is 9.81. The standard InChI is InChI=1S/C9H18O.C3H8/c1-3-10-9-6-4-5-8(2)7-9;1-3-2/h8-9H,3-7H2,1-2H3;3H2,1-2H3/t8-,9?;/m1./s1. The topological polar surface area (TPSA) is 9.23 Å². The van der Waals surface area contributed by atoms with Gasteiger partial charge in [0, 0.05) is 6.61 Å². The van der Waals surface area contributed by atoms with Crippen molar-refractivity contribution in [1.29, 1.82) is 0 Å². The van der Waals surface area contributed by atoms with Crippen LogP contribution in [0.15, 0.2) is 0 Å². The van der Waals surface area contributed by atoms with Crippen LogP contribution in [0.4, 0.5) is 0 Å². The number of hydrogen-bond acceptors (Lipinski definition) is 1. The molecule has 0 spiro atoms. The molecule has 13 heavy (non-hydrogen) atoms. The van der Waals surface area contributed by atoms with Gasteiger partial charge in [0.05, 0.1) is 6.10 Å². The summed E-state index contributed by atoms with van der Waals surface area (Å²) in [4.78, 5) is 0. The summed E-state index contributed by atoms with van der Waals surface area (Å²) in [5.41, 5.74) is 0. The molecule has 0 heterocycles. The maximum absolute atomic E-state index is 5.55.